The largest absolute Gasteiger partial charge is 0.381 e. The standard InChI is InChI=1S/C10H16N4O/c11-3-5-13-10-12-4-1-9(14-10)8-2-6-15-7-8/h1,4,8H,2-3,5-7,11H2,(H,12,13,14). The molecule has 0 spiro atoms. The van der Waals surface area contributed by atoms with Crippen LogP contribution in [0.3, 0.4) is 0 Å². The van der Waals surface area contributed by atoms with Gasteiger partial charge in [0.25, 0.3) is 0 Å². The van der Waals surface area contributed by atoms with E-state index in [1.54, 1.807) is 6.20 Å². The topological polar surface area (TPSA) is 73.1 Å². The van der Waals surface area contributed by atoms with Gasteiger partial charge in [-0.1, -0.05) is 0 Å². The minimum Gasteiger partial charge on any atom is -0.381 e. The molecule has 1 fully saturated rings. The van der Waals surface area contributed by atoms with Crippen LogP contribution in [0.1, 0.15) is 18.0 Å². The molecule has 1 aliphatic heterocycles. The Bertz CT molecular complexity index is 312. The zero-order chi connectivity index (χ0) is 10.5. The molecule has 0 radical (unpaired) electrons. The van der Waals surface area contributed by atoms with Gasteiger partial charge in [-0.15, -0.1) is 0 Å². The van der Waals surface area contributed by atoms with Gasteiger partial charge in [0.1, 0.15) is 0 Å². The fourth-order valence-corrected chi connectivity index (χ4v) is 1.64. The third-order valence-corrected chi connectivity index (χ3v) is 2.45. The van der Waals surface area contributed by atoms with Crippen LogP contribution in [0.15, 0.2) is 12.3 Å². The fraction of sp³-hybridized carbons (Fsp3) is 0.600. The molecule has 0 amide bonds. The van der Waals surface area contributed by atoms with Gasteiger partial charge in [-0.25, -0.2) is 9.97 Å². The third kappa shape index (κ3) is 2.64. The van der Waals surface area contributed by atoms with Gasteiger partial charge in [0.05, 0.1) is 12.3 Å². The van der Waals surface area contributed by atoms with Crippen LogP contribution in [0.2, 0.25) is 0 Å². The average molecular weight is 208 g/mol. The molecule has 1 atom stereocenters. The van der Waals surface area contributed by atoms with Crippen LogP contribution in [-0.2, 0) is 4.74 Å². The van der Waals surface area contributed by atoms with Crippen molar-refractivity contribution < 1.29 is 4.74 Å². The lowest BCUT2D eigenvalue weighted by Gasteiger charge is -2.08. The summed E-state index contributed by atoms with van der Waals surface area (Å²) in [6.45, 7) is 2.89. The number of aromatic nitrogens is 2. The molecule has 2 rings (SSSR count). The molecule has 15 heavy (non-hydrogen) atoms. The van der Waals surface area contributed by atoms with E-state index in [4.69, 9.17) is 10.5 Å². The van der Waals surface area contributed by atoms with Crippen LogP contribution in [0.25, 0.3) is 0 Å². The highest BCUT2D eigenvalue weighted by Crippen LogP contribution is 2.23. The fourth-order valence-electron chi connectivity index (χ4n) is 1.64. The van der Waals surface area contributed by atoms with Crippen molar-refractivity contribution in [1.29, 1.82) is 0 Å². The maximum Gasteiger partial charge on any atom is 0.222 e. The van der Waals surface area contributed by atoms with Gasteiger partial charge in [0, 0.05) is 31.8 Å². The Balaban J connectivity index is 2.04. The SMILES string of the molecule is NCCNc1nccc(C2CCOC2)n1. The first-order valence-corrected chi connectivity index (χ1v) is 5.25. The molecule has 1 unspecified atom stereocenters. The minimum atomic E-state index is 0.423. The van der Waals surface area contributed by atoms with Crippen molar-refractivity contribution in [3.05, 3.63) is 18.0 Å². The van der Waals surface area contributed by atoms with Gasteiger partial charge >= 0.3 is 0 Å². The number of hydrogen-bond donors (Lipinski definition) is 2. The lowest BCUT2D eigenvalue weighted by atomic mass is 10.1. The predicted molar refractivity (Wildman–Crippen MR) is 57.8 cm³/mol. The van der Waals surface area contributed by atoms with Gasteiger partial charge in [0.15, 0.2) is 0 Å². The Kier molecular flexibility index (Phi) is 3.47. The normalized spacial score (nSPS) is 20.5. The molecular weight excluding hydrogens is 192 g/mol. The summed E-state index contributed by atoms with van der Waals surface area (Å²) in [5, 5.41) is 3.07. The quantitative estimate of drug-likeness (QED) is 0.747. The second-order valence-corrected chi connectivity index (χ2v) is 3.58. The summed E-state index contributed by atoms with van der Waals surface area (Å²) in [6, 6.07) is 1.95. The van der Waals surface area contributed by atoms with E-state index in [0.717, 1.165) is 25.3 Å². The summed E-state index contributed by atoms with van der Waals surface area (Å²) in [7, 11) is 0. The summed E-state index contributed by atoms with van der Waals surface area (Å²) in [5.74, 6) is 1.08. The Morgan fingerprint density at radius 1 is 1.60 bits per heavy atom. The molecular formula is C10H16N4O. The Morgan fingerprint density at radius 3 is 3.27 bits per heavy atom. The van der Waals surface area contributed by atoms with E-state index in [-0.39, 0.29) is 0 Å². The Labute approximate surface area is 89.1 Å². The third-order valence-electron chi connectivity index (χ3n) is 2.45. The van der Waals surface area contributed by atoms with Crippen molar-refractivity contribution in [3.63, 3.8) is 0 Å². The molecule has 1 saturated heterocycles. The van der Waals surface area contributed by atoms with E-state index in [1.165, 1.54) is 0 Å². The van der Waals surface area contributed by atoms with Crippen molar-refractivity contribution in [1.82, 2.24) is 9.97 Å². The van der Waals surface area contributed by atoms with E-state index in [1.807, 2.05) is 6.07 Å². The van der Waals surface area contributed by atoms with E-state index in [2.05, 4.69) is 15.3 Å². The lowest BCUT2D eigenvalue weighted by molar-refractivity contribution is 0.193. The number of nitrogens with one attached hydrogen (secondary N) is 1. The predicted octanol–water partition coefficient (Wildman–Crippen LogP) is 0.351. The summed E-state index contributed by atoms with van der Waals surface area (Å²) in [6.07, 6.45) is 2.83. The van der Waals surface area contributed by atoms with Crippen LogP contribution < -0.4 is 11.1 Å². The van der Waals surface area contributed by atoms with Crippen LogP contribution in [0.5, 0.6) is 0 Å². The molecule has 0 saturated carbocycles. The first-order chi connectivity index (χ1) is 7.40. The van der Waals surface area contributed by atoms with Crippen LogP contribution >= 0.6 is 0 Å². The molecule has 82 valence electrons. The summed E-state index contributed by atoms with van der Waals surface area (Å²) >= 11 is 0. The van der Waals surface area contributed by atoms with Gasteiger partial charge in [-0.05, 0) is 12.5 Å². The van der Waals surface area contributed by atoms with E-state index in [0.29, 0.717) is 25.0 Å². The lowest BCUT2D eigenvalue weighted by Crippen LogP contribution is -2.15. The number of hydrogen-bond acceptors (Lipinski definition) is 5. The van der Waals surface area contributed by atoms with Crippen molar-refractivity contribution in [2.24, 2.45) is 5.73 Å². The molecule has 0 bridgehead atoms. The Hall–Kier alpha value is -1.20. The molecule has 3 N–H and O–H groups in total. The number of ether oxygens (including phenoxy) is 1. The number of nitrogens with two attached hydrogens (primary N) is 1. The zero-order valence-electron chi connectivity index (χ0n) is 8.65. The maximum absolute atomic E-state index is 5.40. The molecule has 1 aromatic rings. The van der Waals surface area contributed by atoms with E-state index < -0.39 is 0 Å². The molecule has 0 aliphatic carbocycles. The molecule has 5 nitrogen and oxygen atoms in total. The highest BCUT2D eigenvalue weighted by molar-refractivity contribution is 5.26. The molecule has 1 aliphatic rings. The smallest absolute Gasteiger partial charge is 0.222 e. The van der Waals surface area contributed by atoms with Crippen molar-refractivity contribution in [2.45, 2.75) is 12.3 Å². The molecule has 2 heterocycles. The highest BCUT2D eigenvalue weighted by atomic mass is 16.5. The van der Waals surface area contributed by atoms with Gasteiger partial charge in [-0.2, -0.15) is 0 Å². The van der Waals surface area contributed by atoms with Crippen molar-refractivity contribution >= 4 is 5.95 Å². The minimum absolute atomic E-state index is 0.423. The number of rotatable bonds is 4. The molecule has 1 aromatic heterocycles. The van der Waals surface area contributed by atoms with Crippen LogP contribution in [0, 0.1) is 0 Å². The number of nitrogens with zero attached hydrogens (tertiary/aromatic N) is 2. The van der Waals surface area contributed by atoms with Crippen molar-refractivity contribution in [2.75, 3.05) is 31.6 Å². The highest BCUT2D eigenvalue weighted by Gasteiger charge is 2.19. The van der Waals surface area contributed by atoms with Crippen molar-refractivity contribution in [3.8, 4) is 0 Å². The van der Waals surface area contributed by atoms with Crippen LogP contribution in [-0.4, -0.2) is 36.3 Å². The number of anilines is 1. The van der Waals surface area contributed by atoms with Gasteiger partial charge in [-0.3, -0.25) is 0 Å². The van der Waals surface area contributed by atoms with Gasteiger partial charge in [0.2, 0.25) is 5.95 Å². The first-order valence-electron chi connectivity index (χ1n) is 5.25. The van der Waals surface area contributed by atoms with Gasteiger partial charge < -0.3 is 15.8 Å². The summed E-state index contributed by atoms with van der Waals surface area (Å²) < 4.78 is 5.33. The molecule has 0 aromatic carbocycles. The first kappa shape index (κ1) is 10.3. The summed E-state index contributed by atoms with van der Waals surface area (Å²) in [5.41, 5.74) is 6.46. The zero-order valence-corrected chi connectivity index (χ0v) is 8.65. The maximum atomic E-state index is 5.40. The average Bonchev–Trinajstić information content (AvgIpc) is 2.80. The monoisotopic (exact) mass is 208 g/mol. The van der Waals surface area contributed by atoms with Crippen LogP contribution in [0.4, 0.5) is 5.95 Å². The Morgan fingerprint density at radius 2 is 2.53 bits per heavy atom. The van der Waals surface area contributed by atoms with E-state index in [9.17, 15) is 0 Å². The second-order valence-electron chi connectivity index (χ2n) is 3.58. The summed E-state index contributed by atoms with van der Waals surface area (Å²) in [4.78, 5) is 8.56. The second kappa shape index (κ2) is 5.04. The van der Waals surface area contributed by atoms with E-state index >= 15 is 0 Å². The molecule has 5 heteroatoms.